The van der Waals surface area contributed by atoms with Crippen molar-refractivity contribution < 1.29 is 14.3 Å². The minimum absolute atomic E-state index is 0.247. The molecule has 2 rings (SSSR count). The predicted molar refractivity (Wildman–Crippen MR) is 63.3 cm³/mol. The van der Waals surface area contributed by atoms with Crippen LogP contribution < -0.4 is 5.32 Å². The first-order valence-electron chi connectivity index (χ1n) is 5.34. The molecule has 1 aromatic carbocycles. The van der Waals surface area contributed by atoms with Crippen LogP contribution in [0.5, 0.6) is 0 Å². The molecule has 0 aromatic heterocycles. The largest absolute Gasteiger partial charge is 0.454 e. The summed E-state index contributed by atoms with van der Waals surface area (Å²) in [6.07, 6.45) is -0.679. The lowest BCUT2D eigenvalue weighted by Crippen LogP contribution is -2.23. The molecular weight excluding hydrogens is 218 g/mol. The van der Waals surface area contributed by atoms with E-state index in [9.17, 15) is 9.59 Å². The van der Waals surface area contributed by atoms with Crippen molar-refractivity contribution in [1.29, 1.82) is 0 Å². The van der Waals surface area contributed by atoms with Crippen molar-refractivity contribution in [2.45, 2.75) is 13.0 Å². The van der Waals surface area contributed by atoms with Crippen molar-refractivity contribution in [2.24, 2.45) is 5.92 Å². The van der Waals surface area contributed by atoms with Gasteiger partial charge in [0.15, 0.2) is 17.8 Å². The number of nitrogens with one attached hydrogen (secondary N) is 1. The van der Waals surface area contributed by atoms with Crippen LogP contribution in [0.2, 0.25) is 0 Å². The summed E-state index contributed by atoms with van der Waals surface area (Å²) in [5.41, 5.74) is 1.15. The zero-order chi connectivity index (χ0) is 12.4. The topological polar surface area (TPSA) is 55.4 Å². The number of hydrogen-bond acceptors (Lipinski definition) is 4. The third kappa shape index (κ3) is 2.20. The van der Waals surface area contributed by atoms with Gasteiger partial charge in [-0.3, -0.25) is 9.59 Å². The minimum Gasteiger partial charge on any atom is -0.454 e. The average Bonchev–Trinajstić information content (AvgIpc) is 2.54. The van der Waals surface area contributed by atoms with Gasteiger partial charge in [0.25, 0.3) is 0 Å². The molecule has 1 aromatic rings. The molecule has 1 heterocycles. The van der Waals surface area contributed by atoms with Crippen LogP contribution >= 0.6 is 0 Å². The van der Waals surface area contributed by atoms with Gasteiger partial charge < -0.3 is 10.1 Å². The van der Waals surface area contributed by atoms with Crippen LogP contribution in [0.25, 0.3) is 0 Å². The van der Waals surface area contributed by atoms with E-state index in [1.165, 1.54) is 0 Å². The number of ketones is 1. The van der Waals surface area contributed by atoms with Crippen LogP contribution in [-0.4, -0.2) is 17.9 Å². The highest BCUT2D eigenvalue weighted by Crippen LogP contribution is 2.24. The normalized spacial score (nSPS) is 23.4. The molecule has 1 aliphatic heterocycles. The van der Waals surface area contributed by atoms with Crippen molar-refractivity contribution in [3.05, 3.63) is 42.6 Å². The maximum atomic E-state index is 11.7. The molecule has 4 nitrogen and oxygen atoms in total. The number of benzene rings is 1. The van der Waals surface area contributed by atoms with Crippen molar-refractivity contribution >= 4 is 17.4 Å². The summed E-state index contributed by atoms with van der Waals surface area (Å²) in [5.74, 6) is -1.68. The number of esters is 1. The van der Waals surface area contributed by atoms with Gasteiger partial charge in [0.05, 0.1) is 0 Å². The average molecular weight is 231 g/mol. The van der Waals surface area contributed by atoms with Crippen LogP contribution in [0.1, 0.15) is 6.92 Å². The number of carbonyl (C=O) groups excluding carboxylic acids is 2. The summed E-state index contributed by atoms with van der Waals surface area (Å²) < 4.78 is 4.86. The fourth-order valence-corrected chi connectivity index (χ4v) is 1.74. The summed E-state index contributed by atoms with van der Waals surface area (Å²) in [5, 5.41) is 2.95. The van der Waals surface area contributed by atoms with E-state index in [1.54, 1.807) is 6.92 Å². The molecular formula is C13H13NO3. The van der Waals surface area contributed by atoms with E-state index >= 15 is 0 Å². The van der Waals surface area contributed by atoms with E-state index in [4.69, 9.17) is 4.74 Å². The summed E-state index contributed by atoms with van der Waals surface area (Å²) in [4.78, 5) is 23.2. The molecule has 1 N–H and O–H groups in total. The van der Waals surface area contributed by atoms with Gasteiger partial charge >= 0.3 is 5.97 Å². The summed E-state index contributed by atoms with van der Waals surface area (Å²) in [6.45, 7) is 5.30. The van der Waals surface area contributed by atoms with Crippen LogP contribution in [-0.2, 0) is 14.3 Å². The third-order valence-electron chi connectivity index (χ3n) is 2.64. The van der Waals surface area contributed by atoms with Crippen LogP contribution in [0.15, 0.2) is 42.6 Å². The van der Waals surface area contributed by atoms with Gasteiger partial charge in [-0.25, -0.2) is 0 Å². The lowest BCUT2D eigenvalue weighted by Gasteiger charge is -2.11. The fourth-order valence-electron chi connectivity index (χ4n) is 1.74. The fraction of sp³-hybridized carbons (Fsp3) is 0.231. The first-order valence-corrected chi connectivity index (χ1v) is 5.34. The van der Waals surface area contributed by atoms with E-state index in [2.05, 4.69) is 11.9 Å². The molecule has 4 heteroatoms. The highest BCUT2D eigenvalue weighted by Gasteiger charge is 2.42. The van der Waals surface area contributed by atoms with Gasteiger partial charge in [0, 0.05) is 11.4 Å². The van der Waals surface area contributed by atoms with E-state index in [0.29, 0.717) is 5.70 Å². The number of hydrogen-bond donors (Lipinski definition) is 1. The van der Waals surface area contributed by atoms with Crippen molar-refractivity contribution in [3.63, 3.8) is 0 Å². The summed E-state index contributed by atoms with van der Waals surface area (Å²) in [6, 6.07) is 9.25. The van der Waals surface area contributed by atoms with Gasteiger partial charge in [0.2, 0.25) is 0 Å². The number of Topliss-reactive ketones (excluding diaryl/α,β-unsaturated/α-hetero) is 1. The number of cyclic esters (lactones) is 1. The predicted octanol–water partition coefficient (Wildman–Crippen LogP) is 1.74. The van der Waals surface area contributed by atoms with Gasteiger partial charge in [0.1, 0.15) is 0 Å². The quantitative estimate of drug-likeness (QED) is 0.636. The zero-order valence-corrected chi connectivity index (χ0v) is 9.47. The van der Waals surface area contributed by atoms with Gasteiger partial charge in [-0.2, -0.15) is 0 Å². The van der Waals surface area contributed by atoms with Crippen LogP contribution in [0.4, 0.5) is 5.69 Å². The molecule has 1 saturated heterocycles. The highest BCUT2D eigenvalue weighted by molar-refractivity contribution is 6.09. The number of carbonyl (C=O) groups is 2. The maximum absolute atomic E-state index is 11.7. The molecule has 0 amide bonds. The first-order chi connectivity index (χ1) is 8.09. The van der Waals surface area contributed by atoms with Crippen molar-refractivity contribution in [1.82, 2.24) is 0 Å². The van der Waals surface area contributed by atoms with Gasteiger partial charge in [-0.05, 0) is 19.1 Å². The Bertz CT molecular complexity index is 467. The SMILES string of the molecule is C=C(Nc1ccccc1)[C@@H]1C(=O)O[C@H](C)C1=O. The van der Waals surface area contributed by atoms with E-state index < -0.39 is 18.0 Å². The molecule has 1 fully saturated rings. The second kappa shape index (κ2) is 4.41. The Hall–Kier alpha value is -2.10. The molecule has 1 aliphatic rings. The Balaban J connectivity index is 2.11. The molecule has 88 valence electrons. The standard InChI is InChI=1S/C13H13NO3/c1-8(14-10-6-4-3-5-7-10)11-12(15)9(2)17-13(11)16/h3-7,9,11,14H,1H2,2H3/t9-,11+/m1/s1. The Labute approximate surface area is 99.3 Å². The van der Waals surface area contributed by atoms with Gasteiger partial charge in [-0.15, -0.1) is 0 Å². The highest BCUT2D eigenvalue weighted by atomic mass is 16.6. The van der Waals surface area contributed by atoms with Crippen LogP contribution in [0.3, 0.4) is 0 Å². The second-order valence-corrected chi connectivity index (χ2v) is 3.93. The maximum Gasteiger partial charge on any atom is 0.323 e. The molecule has 0 bridgehead atoms. The lowest BCUT2D eigenvalue weighted by atomic mass is 10.0. The zero-order valence-electron chi connectivity index (χ0n) is 9.47. The molecule has 0 saturated carbocycles. The lowest BCUT2D eigenvalue weighted by molar-refractivity contribution is -0.143. The Morgan fingerprint density at radius 2 is 1.94 bits per heavy atom. The number of rotatable bonds is 3. The smallest absolute Gasteiger partial charge is 0.323 e. The molecule has 0 spiro atoms. The molecule has 17 heavy (non-hydrogen) atoms. The minimum atomic E-state index is -0.898. The number of anilines is 1. The summed E-state index contributed by atoms with van der Waals surface area (Å²) in [7, 11) is 0. The molecule has 2 atom stereocenters. The Morgan fingerprint density at radius 3 is 2.47 bits per heavy atom. The number of ether oxygens (including phenoxy) is 1. The van der Waals surface area contributed by atoms with Crippen molar-refractivity contribution in [3.8, 4) is 0 Å². The third-order valence-corrected chi connectivity index (χ3v) is 2.64. The number of para-hydroxylation sites is 1. The van der Waals surface area contributed by atoms with E-state index in [0.717, 1.165) is 5.69 Å². The van der Waals surface area contributed by atoms with Gasteiger partial charge in [-0.1, -0.05) is 24.8 Å². The molecule has 0 unspecified atom stereocenters. The Kier molecular flexibility index (Phi) is 2.95. The Morgan fingerprint density at radius 1 is 1.29 bits per heavy atom. The van der Waals surface area contributed by atoms with E-state index in [-0.39, 0.29) is 5.78 Å². The van der Waals surface area contributed by atoms with Crippen LogP contribution in [0, 0.1) is 5.92 Å². The van der Waals surface area contributed by atoms with E-state index in [1.807, 2.05) is 30.3 Å². The summed E-state index contributed by atoms with van der Waals surface area (Å²) >= 11 is 0. The molecule has 0 radical (unpaired) electrons. The van der Waals surface area contributed by atoms with Crippen molar-refractivity contribution in [2.75, 3.05) is 5.32 Å². The first kappa shape index (κ1) is 11.4. The monoisotopic (exact) mass is 231 g/mol. The second-order valence-electron chi connectivity index (χ2n) is 3.93. The molecule has 0 aliphatic carbocycles.